The lowest BCUT2D eigenvalue weighted by Crippen LogP contribution is -2.41. The first-order valence-electron chi connectivity index (χ1n) is 9.97. The number of nitrogens with one attached hydrogen (secondary N) is 2. The van der Waals surface area contributed by atoms with E-state index in [2.05, 4.69) is 46.2 Å². The fourth-order valence-electron chi connectivity index (χ4n) is 3.72. The zero-order valence-corrected chi connectivity index (χ0v) is 17.3. The molecule has 0 bridgehead atoms. The molecule has 1 aliphatic rings. The van der Waals surface area contributed by atoms with E-state index >= 15 is 0 Å². The summed E-state index contributed by atoms with van der Waals surface area (Å²) in [4.78, 5) is 6.42. The number of likely N-dealkylation sites (tertiary alicyclic amines) is 1. The van der Waals surface area contributed by atoms with Gasteiger partial charge in [-0.05, 0) is 37.0 Å². The molecule has 0 spiro atoms. The van der Waals surface area contributed by atoms with Crippen LogP contribution in [0.15, 0.2) is 41.8 Å². The molecule has 8 heteroatoms. The van der Waals surface area contributed by atoms with Crippen LogP contribution < -0.4 is 16.8 Å². The minimum absolute atomic E-state index is 0.0843. The predicted molar refractivity (Wildman–Crippen MR) is 117 cm³/mol. The third-order valence-corrected chi connectivity index (χ3v) is 5.33. The number of aromatic nitrogens is 2. The number of nitrogens with zero attached hydrogens (tertiary/aromatic N) is 3. The maximum absolute atomic E-state index is 10.4. The van der Waals surface area contributed by atoms with Gasteiger partial charge in [-0.25, -0.2) is 4.99 Å². The van der Waals surface area contributed by atoms with E-state index in [0.29, 0.717) is 35.2 Å². The number of phenolic OH excluding ortho intramolecular Hbond substituents is 1. The predicted octanol–water partition coefficient (Wildman–Crippen LogP) is 2.06. The number of phenols is 1. The Labute approximate surface area is 171 Å². The van der Waals surface area contributed by atoms with Crippen molar-refractivity contribution in [2.75, 3.05) is 13.1 Å². The van der Waals surface area contributed by atoms with E-state index in [-0.39, 0.29) is 5.75 Å². The number of aliphatic imine (C=N–C) groups is 1. The summed E-state index contributed by atoms with van der Waals surface area (Å²) in [6, 6.07) is 6.18. The van der Waals surface area contributed by atoms with Gasteiger partial charge in [-0.3, -0.25) is 5.10 Å². The molecule has 2 heterocycles. The molecule has 156 valence electrons. The van der Waals surface area contributed by atoms with Crippen LogP contribution in [-0.4, -0.2) is 51.3 Å². The third-order valence-electron chi connectivity index (χ3n) is 5.33. The summed E-state index contributed by atoms with van der Waals surface area (Å²) in [5, 5.41) is 20.6. The molecule has 1 aromatic carbocycles. The molecule has 2 aromatic rings. The first kappa shape index (κ1) is 20.7. The maximum Gasteiger partial charge on any atom is 0.195 e. The van der Waals surface area contributed by atoms with Gasteiger partial charge in [-0.2, -0.15) is 5.10 Å². The molecule has 29 heavy (non-hydrogen) atoms. The van der Waals surface area contributed by atoms with Crippen LogP contribution in [0.3, 0.4) is 0 Å². The van der Waals surface area contributed by atoms with Crippen molar-refractivity contribution in [3.05, 3.63) is 42.4 Å². The van der Waals surface area contributed by atoms with Crippen LogP contribution in [0.1, 0.15) is 32.8 Å². The first-order valence-corrected chi connectivity index (χ1v) is 9.97. The van der Waals surface area contributed by atoms with Gasteiger partial charge in [0, 0.05) is 42.5 Å². The van der Waals surface area contributed by atoms with Crippen LogP contribution in [0.4, 0.5) is 0 Å². The lowest BCUT2D eigenvalue weighted by atomic mass is 10.00. The Kier molecular flexibility index (Phi) is 6.43. The van der Waals surface area contributed by atoms with Crippen LogP contribution in [0.2, 0.25) is 0 Å². The highest BCUT2D eigenvalue weighted by Crippen LogP contribution is 2.28. The normalized spacial score (nSPS) is 19.2. The Hall–Kier alpha value is -3.00. The second kappa shape index (κ2) is 9.00. The quantitative estimate of drug-likeness (QED) is 0.375. The van der Waals surface area contributed by atoms with Crippen molar-refractivity contribution in [1.82, 2.24) is 20.4 Å². The van der Waals surface area contributed by atoms with Gasteiger partial charge in [-0.15, -0.1) is 0 Å². The second-order valence-corrected chi connectivity index (χ2v) is 7.90. The maximum atomic E-state index is 10.4. The molecule has 0 aliphatic carbocycles. The highest BCUT2D eigenvalue weighted by molar-refractivity contribution is 5.80. The fourth-order valence-corrected chi connectivity index (χ4v) is 3.72. The first-order chi connectivity index (χ1) is 13.8. The number of aromatic amines is 1. The average Bonchev–Trinajstić information content (AvgIpc) is 3.37. The molecule has 2 atom stereocenters. The lowest BCUT2D eigenvalue weighted by Gasteiger charge is -2.23. The highest BCUT2D eigenvalue weighted by Gasteiger charge is 2.28. The fraction of sp³-hybridized carbons (Fsp3) is 0.429. The van der Waals surface area contributed by atoms with Gasteiger partial charge < -0.3 is 26.8 Å². The molecular weight excluding hydrogens is 366 g/mol. The van der Waals surface area contributed by atoms with Crippen LogP contribution in [0.5, 0.6) is 5.75 Å². The van der Waals surface area contributed by atoms with Crippen LogP contribution >= 0.6 is 0 Å². The molecule has 0 saturated carbocycles. The van der Waals surface area contributed by atoms with Gasteiger partial charge in [0.05, 0.1) is 18.1 Å². The minimum atomic E-state index is 0.0843. The van der Waals surface area contributed by atoms with Crippen LogP contribution in [0, 0.1) is 5.92 Å². The second-order valence-electron chi connectivity index (χ2n) is 7.90. The van der Waals surface area contributed by atoms with Crippen molar-refractivity contribution in [2.45, 2.75) is 39.3 Å². The van der Waals surface area contributed by atoms with E-state index in [0.717, 1.165) is 30.6 Å². The van der Waals surface area contributed by atoms with Crippen LogP contribution in [-0.2, 0) is 0 Å². The molecule has 1 aromatic heterocycles. The van der Waals surface area contributed by atoms with Crippen molar-refractivity contribution in [1.29, 1.82) is 0 Å². The number of nitrogens with two attached hydrogens (primary N) is 2. The average molecular weight is 398 g/mol. The monoisotopic (exact) mass is 397 g/mol. The number of aromatic hydroxyl groups is 1. The van der Waals surface area contributed by atoms with Gasteiger partial charge in [0.2, 0.25) is 0 Å². The van der Waals surface area contributed by atoms with Gasteiger partial charge in [0.25, 0.3) is 0 Å². The number of hydrogen-bond donors (Lipinski definition) is 5. The van der Waals surface area contributed by atoms with Crippen LogP contribution in [0.25, 0.3) is 16.8 Å². The topological polar surface area (TPSA) is 129 Å². The van der Waals surface area contributed by atoms with Crippen molar-refractivity contribution in [3.63, 3.8) is 0 Å². The molecule has 0 radical (unpaired) electrons. The van der Waals surface area contributed by atoms with E-state index in [9.17, 15) is 5.11 Å². The molecule has 8 nitrogen and oxygen atoms in total. The zero-order chi connectivity index (χ0) is 21.0. The Bertz CT molecular complexity index is 873. The van der Waals surface area contributed by atoms with E-state index < -0.39 is 0 Å². The summed E-state index contributed by atoms with van der Waals surface area (Å²) in [7, 11) is 0. The Morgan fingerprint density at radius 2 is 2.14 bits per heavy atom. The van der Waals surface area contributed by atoms with E-state index in [4.69, 9.17) is 11.5 Å². The Balaban J connectivity index is 1.66. The van der Waals surface area contributed by atoms with E-state index in [1.54, 1.807) is 24.5 Å². The Morgan fingerprint density at radius 3 is 2.79 bits per heavy atom. The molecule has 7 N–H and O–H groups in total. The molecule has 2 unspecified atom stereocenters. The van der Waals surface area contributed by atoms with Gasteiger partial charge in [-0.1, -0.05) is 19.9 Å². The van der Waals surface area contributed by atoms with E-state index in [1.807, 2.05) is 6.07 Å². The molecule has 0 amide bonds. The van der Waals surface area contributed by atoms with Crippen molar-refractivity contribution in [2.24, 2.45) is 22.4 Å². The minimum Gasteiger partial charge on any atom is -0.507 e. The molecule has 3 rings (SSSR count). The number of H-pyrrole nitrogens is 1. The van der Waals surface area contributed by atoms with Gasteiger partial charge in [0.15, 0.2) is 5.96 Å². The summed E-state index contributed by atoms with van der Waals surface area (Å²) < 4.78 is 0. The summed E-state index contributed by atoms with van der Waals surface area (Å²) in [5.74, 6) is 1.06. The number of guanidine groups is 1. The van der Waals surface area contributed by atoms with Crippen molar-refractivity contribution >= 4 is 11.7 Å². The summed E-state index contributed by atoms with van der Waals surface area (Å²) in [6.07, 6.45) is 6.04. The molecule has 1 fully saturated rings. The number of benzene rings is 1. The molecule has 1 aliphatic heterocycles. The number of rotatable bonds is 6. The highest BCUT2D eigenvalue weighted by atomic mass is 16.3. The summed E-state index contributed by atoms with van der Waals surface area (Å²) in [5.41, 5.74) is 14.9. The van der Waals surface area contributed by atoms with E-state index in [1.165, 1.54) is 6.20 Å². The molecular formula is C21H31N7O. The smallest absolute Gasteiger partial charge is 0.195 e. The standard InChI is InChI=1S/C21H31N7O/c1-13(2)27-14(3)16-6-7-28(12-16)21(23)24-11-19(22)18-5-4-15(8-20(18)29)17-9-25-26-10-17/h4-5,8-11,13-14,16,27,29H,6-7,12,22H2,1-3H3,(H2,23,24)(H,25,26)/b19-11-. The zero-order valence-electron chi connectivity index (χ0n) is 17.3. The third kappa shape index (κ3) is 5.08. The SMILES string of the molecule is CC(C)NC(C)C1CCN(C(N)=N/C=C(\N)c2ccc(-c3cn[nH]c3)cc2O)C1. The Morgan fingerprint density at radius 1 is 1.34 bits per heavy atom. The lowest BCUT2D eigenvalue weighted by molar-refractivity contribution is 0.356. The van der Waals surface area contributed by atoms with Crippen molar-refractivity contribution < 1.29 is 5.11 Å². The largest absolute Gasteiger partial charge is 0.507 e. The molecule has 1 saturated heterocycles. The van der Waals surface area contributed by atoms with Crippen molar-refractivity contribution in [3.8, 4) is 16.9 Å². The summed E-state index contributed by atoms with van der Waals surface area (Å²) in [6.45, 7) is 8.28. The van der Waals surface area contributed by atoms with Gasteiger partial charge >= 0.3 is 0 Å². The number of hydrogen-bond acceptors (Lipinski definition) is 5. The summed E-state index contributed by atoms with van der Waals surface area (Å²) >= 11 is 0. The van der Waals surface area contributed by atoms with Gasteiger partial charge in [0.1, 0.15) is 5.75 Å².